The number of carbonyl (C=O) groups is 1. The van der Waals surface area contributed by atoms with E-state index >= 15 is 0 Å². The molecule has 0 saturated heterocycles. The first kappa shape index (κ1) is 22.6. The molecule has 0 aliphatic carbocycles. The van der Waals surface area contributed by atoms with Crippen molar-refractivity contribution in [2.45, 2.75) is 58.6 Å². The van der Waals surface area contributed by atoms with Crippen LogP contribution in [0.5, 0.6) is 5.75 Å². The third-order valence-electron chi connectivity index (χ3n) is 6.60. The van der Waals surface area contributed by atoms with Gasteiger partial charge in [0.1, 0.15) is 12.4 Å². The van der Waals surface area contributed by atoms with Crippen molar-refractivity contribution in [2.75, 3.05) is 14.1 Å². The molecule has 0 saturated carbocycles. The highest BCUT2D eigenvalue weighted by atomic mass is 16.6. The molecule has 1 N–H and O–H groups in total. The number of benzene rings is 1. The minimum atomic E-state index is -1.83. The number of carbonyl (C=O) groups excluding carboxylic acids is 1. The maximum atomic E-state index is 13.4. The summed E-state index contributed by atoms with van der Waals surface area (Å²) in [7, 11) is 4.02. The zero-order valence-electron chi connectivity index (χ0n) is 20.1. The van der Waals surface area contributed by atoms with Crippen molar-refractivity contribution in [3.63, 3.8) is 0 Å². The Morgan fingerprint density at radius 3 is 2.71 bits per heavy atom. The Bertz CT molecular complexity index is 1390. The first-order chi connectivity index (χ1) is 16.1. The molecule has 0 fully saturated rings. The van der Waals surface area contributed by atoms with Crippen molar-refractivity contribution >= 4 is 16.9 Å². The maximum Gasteiger partial charge on any atom is 0.343 e. The summed E-state index contributed by atoms with van der Waals surface area (Å²) < 4.78 is 12.9. The number of nitrogens with zero attached hydrogens (tertiary/aromatic N) is 3. The summed E-state index contributed by atoms with van der Waals surface area (Å²) in [5.41, 5.74) is 2.63. The molecule has 3 aromatic rings. The highest BCUT2D eigenvalue weighted by Crippen LogP contribution is 2.40. The lowest BCUT2D eigenvalue weighted by atomic mass is 9.86. The molecule has 0 unspecified atom stereocenters. The number of aliphatic hydroxyl groups is 1. The van der Waals surface area contributed by atoms with Crippen LogP contribution in [0.4, 0.5) is 0 Å². The van der Waals surface area contributed by atoms with Crippen LogP contribution in [0.25, 0.3) is 22.3 Å². The Balaban J connectivity index is 1.72. The van der Waals surface area contributed by atoms with Crippen molar-refractivity contribution < 1.29 is 19.4 Å². The average Bonchev–Trinajstić information content (AvgIpc) is 3.14. The second kappa shape index (κ2) is 7.92. The van der Waals surface area contributed by atoms with Gasteiger partial charge in [-0.05, 0) is 58.6 Å². The lowest BCUT2D eigenvalue weighted by Crippen LogP contribution is -2.44. The van der Waals surface area contributed by atoms with Crippen molar-refractivity contribution in [3.8, 4) is 17.1 Å². The second-order valence-corrected chi connectivity index (χ2v) is 9.61. The van der Waals surface area contributed by atoms with Gasteiger partial charge in [-0.3, -0.25) is 4.79 Å². The Morgan fingerprint density at radius 2 is 2.03 bits per heavy atom. The normalized spacial score (nSPS) is 18.8. The zero-order valence-corrected chi connectivity index (χ0v) is 20.1. The molecule has 1 atom stereocenters. The van der Waals surface area contributed by atoms with E-state index in [1.165, 1.54) is 0 Å². The summed E-state index contributed by atoms with van der Waals surface area (Å²) in [6, 6.07) is 7.71. The van der Waals surface area contributed by atoms with Crippen LogP contribution in [0.2, 0.25) is 0 Å². The number of fused-ring (bicyclic) bond motifs is 5. The molecule has 0 radical (unpaired) electrons. The molecule has 2 aromatic heterocycles. The summed E-state index contributed by atoms with van der Waals surface area (Å²) in [5.74, 6) is 0.104. The van der Waals surface area contributed by atoms with Crippen molar-refractivity contribution in [1.82, 2.24) is 14.5 Å². The second-order valence-electron chi connectivity index (χ2n) is 9.61. The van der Waals surface area contributed by atoms with Crippen LogP contribution < -0.4 is 10.3 Å². The molecule has 4 heterocycles. The lowest BCUT2D eigenvalue weighted by molar-refractivity contribution is -0.172. The van der Waals surface area contributed by atoms with E-state index in [4.69, 9.17) is 14.5 Å². The van der Waals surface area contributed by atoms with Crippen LogP contribution in [0, 0.1) is 0 Å². The smallest absolute Gasteiger partial charge is 0.343 e. The Hall–Kier alpha value is -3.23. The highest BCUT2D eigenvalue weighted by Gasteiger charge is 2.45. The lowest BCUT2D eigenvalue weighted by Gasteiger charge is -2.31. The predicted molar refractivity (Wildman–Crippen MR) is 128 cm³/mol. The van der Waals surface area contributed by atoms with Crippen LogP contribution >= 0.6 is 0 Å². The van der Waals surface area contributed by atoms with Gasteiger partial charge >= 0.3 is 5.97 Å². The zero-order chi connectivity index (χ0) is 24.4. The summed E-state index contributed by atoms with van der Waals surface area (Å²) >= 11 is 0. The first-order valence-electron chi connectivity index (χ1n) is 11.6. The fourth-order valence-electron chi connectivity index (χ4n) is 4.93. The number of hydrogen-bond acceptors (Lipinski definition) is 7. The Morgan fingerprint density at radius 1 is 1.26 bits per heavy atom. The van der Waals surface area contributed by atoms with Gasteiger partial charge in [-0.1, -0.05) is 6.92 Å². The Kier molecular flexibility index (Phi) is 5.26. The van der Waals surface area contributed by atoms with Gasteiger partial charge in [-0.15, -0.1) is 0 Å². The number of hydrogen-bond donors (Lipinski definition) is 1. The van der Waals surface area contributed by atoms with E-state index in [9.17, 15) is 14.7 Å². The molecule has 8 nitrogen and oxygen atoms in total. The molecule has 1 aromatic carbocycles. The van der Waals surface area contributed by atoms with Gasteiger partial charge in [0.15, 0.2) is 5.60 Å². The summed E-state index contributed by atoms with van der Waals surface area (Å²) in [5, 5.41) is 12.0. The summed E-state index contributed by atoms with van der Waals surface area (Å²) in [6.45, 7) is 6.62. The molecule has 34 heavy (non-hydrogen) atoms. The standard InChI is InChI=1S/C26H29N3O5/c1-6-26(32)19-10-21-23-15(11-29(21)24(30)18(19)13-33-25(26)31)9-16-17(12-28(4)5)22(34-14(2)3)8-7-20(16)27-23/h7-10,14,32H,6,11-13H2,1-5H3/t26-/m0/s1. The van der Waals surface area contributed by atoms with E-state index in [1.807, 2.05) is 40.1 Å². The quantitative estimate of drug-likeness (QED) is 0.455. The molecule has 8 heteroatoms. The van der Waals surface area contributed by atoms with Gasteiger partial charge in [0, 0.05) is 28.6 Å². The van der Waals surface area contributed by atoms with Gasteiger partial charge < -0.3 is 24.0 Å². The fourth-order valence-corrected chi connectivity index (χ4v) is 4.93. The van der Waals surface area contributed by atoms with E-state index in [1.54, 1.807) is 17.6 Å². The first-order valence-corrected chi connectivity index (χ1v) is 11.6. The average molecular weight is 464 g/mol. The minimum Gasteiger partial charge on any atom is -0.491 e. The minimum absolute atomic E-state index is 0.0390. The summed E-state index contributed by atoms with van der Waals surface area (Å²) in [6.07, 6.45) is 0.156. The number of cyclic esters (lactones) is 1. The maximum absolute atomic E-state index is 13.4. The molecule has 0 spiro atoms. The molecule has 2 aliphatic rings. The molecular weight excluding hydrogens is 434 g/mol. The van der Waals surface area contributed by atoms with E-state index in [0.29, 0.717) is 35.6 Å². The van der Waals surface area contributed by atoms with Gasteiger partial charge in [0.25, 0.3) is 5.56 Å². The number of aromatic nitrogens is 2. The molecule has 5 rings (SSSR count). The van der Waals surface area contributed by atoms with Crippen LogP contribution in [-0.4, -0.2) is 45.7 Å². The third kappa shape index (κ3) is 3.32. The van der Waals surface area contributed by atoms with E-state index in [0.717, 1.165) is 27.8 Å². The summed E-state index contributed by atoms with van der Waals surface area (Å²) in [4.78, 5) is 32.8. The largest absolute Gasteiger partial charge is 0.491 e. The van der Waals surface area contributed by atoms with Crippen LogP contribution in [0.15, 0.2) is 29.1 Å². The van der Waals surface area contributed by atoms with Crippen molar-refractivity contribution in [3.05, 3.63) is 56.9 Å². The highest BCUT2D eigenvalue weighted by molar-refractivity contribution is 5.89. The SMILES string of the molecule is CC[C@@]1(O)C(=O)OCc2c1cc1n(c2=O)Cc2cc3c(CN(C)C)c(OC(C)C)ccc3nc2-1. The number of rotatable bonds is 5. The van der Waals surface area contributed by atoms with Crippen LogP contribution in [-0.2, 0) is 34.8 Å². The molecule has 2 aliphatic heterocycles. The van der Waals surface area contributed by atoms with E-state index in [-0.39, 0.29) is 24.7 Å². The van der Waals surface area contributed by atoms with Crippen molar-refractivity contribution in [1.29, 1.82) is 0 Å². The van der Waals surface area contributed by atoms with Crippen molar-refractivity contribution in [2.24, 2.45) is 0 Å². The van der Waals surface area contributed by atoms with E-state index < -0.39 is 11.6 Å². The van der Waals surface area contributed by atoms with Crippen LogP contribution in [0.1, 0.15) is 49.4 Å². The third-order valence-corrected chi connectivity index (χ3v) is 6.60. The number of pyridine rings is 2. The molecule has 178 valence electrons. The molecule has 0 amide bonds. The molecule has 0 bridgehead atoms. The van der Waals surface area contributed by atoms with Crippen LogP contribution in [0.3, 0.4) is 0 Å². The van der Waals surface area contributed by atoms with Gasteiger partial charge in [0.05, 0.1) is 35.1 Å². The fraction of sp³-hybridized carbons (Fsp3) is 0.423. The van der Waals surface area contributed by atoms with E-state index in [2.05, 4.69) is 11.0 Å². The Labute approximate surface area is 197 Å². The van der Waals surface area contributed by atoms with Gasteiger partial charge in [0.2, 0.25) is 0 Å². The van der Waals surface area contributed by atoms with Gasteiger partial charge in [-0.2, -0.15) is 0 Å². The number of ether oxygens (including phenoxy) is 2. The molecular formula is C26H29N3O5. The predicted octanol–water partition coefficient (Wildman–Crippen LogP) is 2.93. The van der Waals surface area contributed by atoms with Gasteiger partial charge in [-0.25, -0.2) is 9.78 Å². The monoisotopic (exact) mass is 463 g/mol. The number of esters is 1. The topological polar surface area (TPSA) is 93.9 Å².